The van der Waals surface area contributed by atoms with Crippen molar-refractivity contribution in [2.45, 2.75) is 24.8 Å². The number of nitrogens with two attached hydrogens (primary N) is 1. The van der Waals surface area contributed by atoms with Crippen molar-refractivity contribution < 1.29 is 13.6 Å². The number of carbonyl (C=O) groups is 1. The van der Waals surface area contributed by atoms with Crippen molar-refractivity contribution in [2.75, 3.05) is 20.6 Å². The number of halogens is 2. The smallest absolute Gasteiger partial charge is 0.330 e. The Morgan fingerprint density at radius 3 is 2.57 bits per heavy atom. The molecule has 1 aliphatic heterocycles. The SMILES string of the molecule is CN(C)C(=O)N1N=C(c2cc(F)ccc2F)C[C@@]1(CCCN)c1ccccc1. The van der Waals surface area contributed by atoms with E-state index in [0.29, 0.717) is 25.1 Å². The highest BCUT2D eigenvalue weighted by Crippen LogP contribution is 2.43. The number of rotatable bonds is 5. The number of nitrogens with zero attached hydrogens (tertiary/aromatic N) is 3. The van der Waals surface area contributed by atoms with Crippen molar-refractivity contribution in [3.8, 4) is 0 Å². The van der Waals surface area contributed by atoms with Gasteiger partial charge in [0.25, 0.3) is 0 Å². The third-order valence-electron chi connectivity index (χ3n) is 4.99. The van der Waals surface area contributed by atoms with Crippen molar-refractivity contribution in [2.24, 2.45) is 10.8 Å². The molecule has 2 aromatic carbocycles. The number of benzene rings is 2. The van der Waals surface area contributed by atoms with Crippen LogP contribution in [0.3, 0.4) is 0 Å². The lowest BCUT2D eigenvalue weighted by Gasteiger charge is -2.38. The molecule has 0 spiro atoms. The minimum absolute atomic E-state index is 0.0714. The fourth-order valence-corrected chi connectivity index (χ4v) is 3.59. The third-order valence-corrected chi connectivity index (χ3v) is 4.99. The second-order valence-corrected chi connectivity index (χ2v) is 7.13. The lowest BCUT2D eigenvalue weighted by Crippen LogP contribution is -2.47. The summed E-state index contributed by atoms with van der Waals surface area (Å²) in [5.74, 6) is -1.12. The number of hydrogen-bond donors (Lipinski definition) is 1. The maximum Gasteiger partial charge on any atom is 0.340 e. The molecule has 0 aliphatic carbocycles. The zero-order valence-corrected chi connectivity index (χ0v) is 16.0. The Balaban J connectivity index is 2.15. The van der Waals surface area contributed by atoms with Gasteiger partial charge in [0.1, 0.15) is 11.6 Å². The number of hydrogen-bond acceptors (Lipinski definition) is 3. The van der Waals surface area contributed by atoms with Crippen LogP contribution in [0.15, 0.2) is 53.6 Å². The minimum atomic E-state index is -0.809. The molecule has 2 amide bonds. The van der Waals surface area contributed by atoms with Gasteiger partial charge in [0.05, 0.1) is 11.3 Å². The number of urea groups is 1. The summed E-state index contributed by atoms with van der Waals surface area (Å²) in [4.78, 5) is 14.4. The molecule has 2 aromatic rings. The number of hydrazone groups is 1. The van der Waals surface area contributed by atoms with Gasteiger partial charge in [-0.05, 0) is 43.1 Å². The van der Waals surface area contributed by atoms with Crippen LogP contribution in [0.1, 0.15) is 30.4 Å². The van der Waals surface area contributed by atoms with Gasteiger partial charge in [-0.25, -0.2) is 18.6 Å². The molecule has 0 saturated heterocycles. The van der Waals surface area contributed by atoms with E-state index in [1.54, 1.807) is 14.1 Å². The summed E-state index contributed by atoms with van der Waals surface area (Å²) in [6.07, 6.45) is 1.48. The second-order valence-electron chi connectivity index (χ2n) is 7.13. The number of amides is 2. The van der Waals surface area contributed by atoms with Gasteiger partial charge in [0, 0.05) is 26.1 Å². The van der Waals surface area contributed by atoms with E-state index in [2.05, 4.69) is 5.10 Å². The second kappa shape index (κ2) is 8.06. The van der Waals surface area contributed by atoms with E-state index in [9.17, 15) is 13.6 Å². The van der Waals surface area contributed by atoms with Gasteiger partial charge in [-0.15, -0.1) is 0 Å². The first kappa shape index (κ1) is 19.9. The summed E-state index contributed by atoms with van der Waals surface area (Å²) < 4.78 is 28.2. The zero-order chi connectivity index (χ0) is 20.3. The largest absolute Gasteiger partial charge is 0.340 e. The Morgan fingerprint density at radius 1 is 1.21 bits per heavy atom. The minimum Gasteiger partial charge on any atom is -0.330 e. The Kier molecular flexibility index (Phi) is 5.74. The Hall–Kier alpha value is -2.80. The van der Waals surface area contributed by atoms with E-state index in [4.69, 9.17) is 5.73 Å². The molecular formula is C21H24F2N4O. The highest BCUT2D eigenvalue weighted by molar-refractivity contribution is 6.04. The van der Waals surface area contributed by atoms with E-state index in [0.717, 1.165) is 23.8 Å². The summed E-state index contributed by atoms with van der Waals surface area (Å²) in [6.45, 7) is 0.447. The maximum atomic E-state index is 14.4. The van der Waals surface area contributed by atoms with E-state index in [-0.39, 0.29) is 18.0 Å². The highest BCUT2D eigenvalue weighted by Gasteiger charge is 2.48. The van der Waals surface area contributed by atoms with Crippen LogP contribution >= 0.6 is 0 Å². The molecule has 0 aromatic heterocycles. The van der Waals surface area contributed by atoms with Gasteiger partial charge in [0.2, 0.25) is 0 Å². The predicted molar refractivity (Wildman–Crippen MR) is 105 cm³/mol. The summed E-state index contributed by atoms with van der Waals surface area (Å²) in [5, 5.41) is 5.88. The highest BCUT2D eigenvalue weighted by atomic mass is 19.1. The molecule has 0 fully saturated rings. The molecule has 1 heterocycles. The van der Waals surface area contributed by atoms with E-state index in [1.165, 1.54) is 9.91 Å². The standard InChI is InChI=1S/C21H24F2N4O/c1-26(2)20(28)27-21(11-6-12-24,15-7-4-3-5-8-15)14-19(25-27)17-13-16(22)9-10-18(17)23/h3-5,7-10,13H,6,11-12,14,24H2,1-2H3/t21-/m0/s1. The summed E-state index contributed by atoms with van der Waals surface area (Å²) in [7, 11) is 3.27. The van der Waals surface area contributed by atoms with Crippen LogP contribution in [-0.4, -0.2) is 42.3 Å². The first-order chi connectivity index (χ1) is 13.4. The Bertz CT molecular complexity index is 885. The molecular weight excluding hydrogens is 362 g/mol. The number of carbonyl (C=O) groups excluding carboxylic acids is 1. The van der Waals surface area contributed by atoms with Crippen LogP contribution < -0.4 is 5.73 Å². The van der Waals surface area contributed by atoms with Crippen LogP contribution in [0.4, 0.5) is 13.6 Å². The van der Waals surface area contributed by atoms with E-state index >= 15 is 0 Å². The quantitative estimate of drug-likeness (QED) is 0.852. The zero-order valence-electron chi connectivity index (χ0n) is 16.0. The molecule has 28 heavy (non-hydrogen) atoms. The average Bonchev–Trinajstić information content (AvgIpc) is 3.08. The molecule has 1 aliphatic rings. The molecule has 3 rings (SSSR count). The first-order valence-corrected chi connectivity index (χ1v) is 9.19. The first-order valence-electron chi connectivity index (χ1n) is 9.19. The monoisotopic (exact) mass is 386 g/mol. The normalized spacial score (nSPS) is 18.9. The van der Waals surface area contributed by atoms with Crippen LogP contribution in [-0.2, 0) is 5.54 Å². The predicted octanol–water partition coefficient (Wildman–Crippen LogP) is 3.69. The van der Waals surface area contributed by atoms with E-state index in [1.807, 2.05) is 30.3 Å². The van der Waals surface area contributed by atoms with Gasteiger partial charge >= 0.3 is 6.03 Å². The van der Waals surface area contributed by atoms with Gasteiger partial charge in [-0.2, -0.15) is 5.10 Å². The molecule has 5 nitrogen and oxygen atoms in total. The molecule has 0 radical (unpaired) electrons. The van der Waals surface area contributed by atoms with Crippen molar-refractivity contribution >= 4 is 11.7 Å². The van der Waals surface area contributed by atoms with E-state index < -0.39 is 17.2 Å². The molecule has 1 atom stereocenters. The van der Waals surface area contributed by atoms with Crippen LogP contribution in [0, 0.1) is 11.6 Å². The fourth-order valence-electron chi connectivity index (χ4n) is 3.59. The lowest BCUT2D eigenvalue weighted by atomic mass is 9.80. The maximum absolute atomic E-state index is 14.4. The van der Waals surface area contributed by atoms with Crippen molar-refractivity contribution in [1.29, 1.82) is 0 Å². The summed E-state index contributed by atoms with van der Waals surface area (Å²) in [6, 6.07) is 12.4. The topological polar surface area (TPSA) is 61.9 Å². The van der Waals surface area contributed by atoms with Gasteiger partial charge in [-0.3, -0.25) is 0 Å². The Labute approximate surface area is 163 Å². The van der Waals surface area contributed by atoms with Gasteiger partial charge < -0.3 is 10.6 Å². The third kappa shape index (κ3) is 3.62. The molecule has 0 bridgehead atoms. The van der Waals surface area contributed by atoms with Crippen LogP contribution in [0.5, 0.6) is 0 Å². The van der Waals surface area contributed by atoms with Crippen molar-refractivity contribution in [3.05, 3.63) is 71.3 Å². The Morgan fingerprint density at radius 2 is 1.93 bits per heavy atom. The van der Waals surface area contributed by atoms with Crippen molar-refractivity contribution in [3.63, 3.8) is 0 Å². The lowest BCUT2D eigenvalue weighted by molar-refractivity contribution is 0.103. The molecule has 2 N–H and O–H groups in total. The van der Waals surface area contributed by atoms with Crippen molar-refractivity contribution in [1.82, 2.24) is 9.91 Å². The summed E-state index contributed by atoms with van der Waals surface area (Å²) in [5.41, 5.74) is 6.24. The molecule has 0 unspecified atom stereocenters. The van der Waals surface area contributed by atoms with Gasteiger partial charge in [0.15, 0.2) is 0 Å². The fraction of sp³-hybridized carbons (Fsp3) is 0.333. The average molecular weight is 386 g/mol. The molecule has 148 valence electrons. The molecule has 0 saturated carbocycles. The van der Waals surface area contributed by atoms with Crippen LogP contribution in [0.25, 0.3) is 0 Å². The molecule has 7 heteroatoms. The van der Waals surface area contributed by atoms with Gasteiger partial charge in [-0.1, -0.05) is 30.3 Å². The van der Waals surface area contributed by atoms with Crippen LogP contribution in [0.2, 0.25) is 0 Å². The summed E-state index contributed by atoms with van der Waals surface area (Å²) >= 11 is 0.